The predicted octanol–water partition coefficient (Wildman–Crippen LogP) is 1.29. The number of hydrogen-bond donors (Lipinski definition) is 1. The van der Waals surface area contributed by atoms with E-state index in [4.69, 9.17) is 0 Å². The van der Waals surface area contributed by atoms with E-state index in [0.717, 1.165) is 64.2 Å². The topological polar surface area (TPSA) is 192 Å². The second-order valence-electron chi connectivity index (χ2n) is 13.7. The van der Waals surface area contributed by atoms with Crippen molar-refractivity contribution in [2.75, 3.05) is 0 Å². The van der Waals surface area contributed by atoms with Gasteiger partial charge in [0.05, 0.1) is 10.9 Å². The normalized spacial score (nSPS) is 12.2. The van der Waals surface area contributed by atoms with Crippen molar-refractivity contribution in [3.05, 3.63) is 29.8 Å². The zero-order valence-electron chi connectivity index (χ0n) is 33.0. The van der Waals surface area contributed by atoms with Crippen LogP contribution in [0.25, 0.3) is 0 Å². The molecule has 52 heavy (non-hydrogen) atoms. The van der Waals surface area contributed by atoms with Gasteiger partial charge in [-0.05, 0) is 37.3 Å². The summed E-state index contributed by atoms with van der Waals surface area (Å²) in [4.78, 5) is 23.4. The third-order valence-electron chi connectivity index (χ3n) is 9.41. The van der Waals surface area contributed by atoms with Gasteiger partial charge in [0.25, 0.3) is 10.1 Å². The minimum atomic E-state index is -5.15. The van der Waals surface area contributed by atoms with Gasteiger partial charge in [-0.3, -0.25) is 4.55 Å². The molecule has 292 valence electrons. The van der Waals surface area contributed by atoms with Crippen LogP contribution < -0.4 is 69.3 Å². The maximum atomic E-state index is 12.0. The SMILES string of the molecule is CCCCCCCCC(CCCCCCCC)(C(=O)[O-])C(C(=O)[O-])S(=O)(=O)O.CCCCCCCCCCCCc1ccccc1S(=O)(=O)[O-].[Na+].[Na+]. The Bertz CT molecular complexity index is 1260. The van der Waals surface area contributed by atoms with Crippen LogP contribution in [-0.2, 0) is 36.2 Å². The molecule has 0 amide bonds. The minimum absolute atomic E-state index is 0. The summed E-state index contributed by atoms with van der Waals surface area (Å²) in [6.07, 6.45) is 22.7. The van der Waals surface area contributed by atoms with Gasteiger partial charge < -0.3 is 24.4 Å². The Balaban J connectivity index is -0.000000911. The van der Waals surface area contributed by atoms with Crippen LogP contribution in [0.4, 0.5) is 0 Å². The van der Waals surface area contributed by atoms with Crippen LogP contribution in [0.3, 0.4) is 0 Å². The molecule has 0 fully saturated rings. The summed E-state index contributed by atoms with van der Waals surface area (Å²) in [5.41, 5.74) is -1.51. The summed E-state index contributed by atoms with van der Waals surface area (Å²) in [6.45, 7) is 6.37. The predicted molar refractivity (Wildman–Crippen MR) is 194 cm³/mol. The Morgan fingerprint density at radius 1 is 0.615 bits per heavy atom. The van der Waals surface area contributed by atoms with E-state index in [1.165, 1.54) is 57.4 Å². The van der Waals surface area contributed by atoms with Crippen LogP contribution in [0.2, 0.25) is 0 Å². The Morgan fingerprint density at radius 2 is 0.962 bits per heavy atom. The summed E-state index contributed by atoms with van der Waals surface area (Å²) < 4.78 is 66.4. The molecule has 1 unspecified atom stereocenters. The number of carbonyl (C=O) groups excluding carboxylic acids is 2. The number of aliphatic carboxylic acids is 2. The first-order chi connectivity index (χ1) is 23.7. The van der Waals surface area contributed by atoms with Crippen LogP contribution in [-0.4, -0.2) is 43.1 Å². The third kappa shape index (κ3) is 25.2. The first kappa shape index (κ1) is 56.3. The van der Waals surface area contributed by atoms with Crippen LogP contribution >= 0.6 is 0 Å². The van der Waals surface area contributed by atoms with Crippen molar-refractivity contribution in [3.63, 3.8) is 0 Å². The second kappa shape index (κ2) is 33.2. The molecule has 0 saturated heterocycles. The van der Waals surface area contributed by atoms with Gasteiger partial charge >= 0.3 is 59.1 Å². The molecular formula is C38H65Na2O10S2-. The number of rotatable bonds is 30. The molecule has 0 bridgehead atoms. The molecule has 1 N–H and O–H groups in total. The number of carbonyl (C=O) groups is 2. The molecule has 1 atom stereocenters. The molecule has 1 rings (SSSR count). The van der Waals surface area contributed by atoms with E-state index in [-0.39, 0.29) is 76.9 Å². The summed E-state index contributed by atoms with van der Waals surface area (Å²) >= 11 is 0. The molecule has 1 aromatic rings. The summed E-state index contributed by atoms with van der Waals surface area (Å²) in [5, 5.41) is 21.0. The number of hydrogen-bond acceptors (Lipinski definition) is 9. The van der Waals surface area contributed by atoms with E-state index in [2.05, 4.69) is 20.8 Å². The molecule has 0 heterocycles. The number of carboxylic acids is 2. The fourth-order valence-electron chi connectivity index (χ4n) is 6.53. The zero-order valence-corrected chi connectivity index (χ0v) is 38.6. The molecule has 14 heteroatoms. The van der Waals surface area contributed by atoms with Gasteiger partial charge in [-0.15, -0.1) is 0 Å². The quantitative estimate of drug-likeness (QED) is 0.0675. The molecule has 0 aliphatic rings. The van der Waals surface area contributed by atoms with Gasteiger partial charge in [-0.1, -0.05) is 174 Å². The molecule has 0 saturated carbocycles. The van der Waals surface area contributed by atoms with E-state index in [1.54, 1.807) is 18.2 Å². The Hall–Kier alpha value is -0.0200. The van der Waals surface area contributed by atoms with E-state index in [1.807, 2.05) is 0 Å². The maximum absolute atomic E-state index is 12.0. The molecule has 0 radical (unpaired) electrons. The number of aryl methyl sites for hydroxylation is 1. The number of benzene rings is 1. The molecule has 0 aliphatic carbocycles. The van der Waals surface area contributed by atoms with Crippen molar-refractivity contribution in [1.82, 2.24) is 0 Å². The van der Waals surface area contributed by atoms with Gasteiger partial charge in [0.15, 0.2) is 0 Å². The summed E-state index contributed by atoms with van der Waals surface area (Å²) in [7, 11) is -9.50. The van der Waals surface area contributed by atoms with Crippen molar-refractivity contribution in [3.8, 4) is 0 Å². The Labute approximate surface area is 360 Å². The third-order valence-corrected chi connectivity index (χ3v) is 11.6. The van der Waals surface area contributed by atoms with Gasteiger partial charge in [-0.25, -0.2) is 8.42 Å². The van der Waals surface area contributed by atoms with Crippen molar-refractivity contribution >= 4 is 32.2 Å². The average molecular weight is 792 g/mol. The standard InChI is InChI=1S/C20H38O7S.C18H30O3S.2Na/c1-3-5-7-9-11-13-15-20(19(23)24,16-14-12-10-8-6-4-2)17(18(21)22)28(25,26)27;1-2-3-4-5-6-7-8-9-10-11-14-17-15-12-13-16-18(17)22(19,20)21;;/h17H,3-16H2,1-2H3,(H,21,22)(H,23,24)(H,25,26,27);12-13,15-16H,2-11,14H2,1H3,(H,19,20,21);;/q;;2*+1/p-3. The molecule has 1 aromatic carbocycles. The van der Waals surface area contributed by atoms with Gasteiger partial charge in [-0.2, -0.15) is 8.42 Å². The number of carboxylic acid groups (broad SMARTS) is 2. The second-order valence-corrected chi connectivity index (χ2v) is 16.5. The van der Waals surface area contributed by atoms with E-state index < -0.39 is 42.8 Å². The fraction of sp³-hybridized carbons (Fsp3) is 0.789. The van der Waals surface area contributed by atoms with Crippen LogP contribution in [0, 0.1) is 5.41 Å². The van der Waals surface area contributed by atoms with Crippen LogP contribution in [0.5, 0.6) is 0 Å². The summed E-state index contributed by atoms with van der Waals surface area (Å²) in [5.74, 6) is -3.84. The smallest absolute Gasteiger partial charge is 0.744 e. The minimum Gasteiger partial charge on any atom is -0.744 e. The molecule has 0 aromatic heterocycles. The monoisotopic (exact) mass is 791 g/mol. The van der Waals surface area contributed by atoms with Crippen LogP contribution in [0.15, 0.2) is 29.2 Å². The van der Waals surface area contributed by atoms with Crippen molar-refractivity contribution < 1.29 is 105 Å². The first-order valence-corrected chi connectivity index (χ1v) is 22.0. The van der Waals surface area contributed by atoms with Crippen molar-refractivity contribution in [2.45, 2.75) is 191 Å². The zero-order chi connectivity index (χ0) is 37.9. The summed E-state index contributed by atoms with van der Waals surface area (Å²) in [6, 6.07) is 6.56. The Kier molecular flexibility index (Phi) is 35.9. The van der Waals surface area contributed by atoms with Crippen LogP contribution in [0.1, 0.15) is 180 Å². The van der Waals surface area contributed by atoms with Gasteiger partial charge in [0.2, 0.25) is 0 Å². The van der Waals surface area contributed by atoms with Gasteiger partial charge in [0.1, 0.15) is 15.4 Å². The molecule has 10 nitrogen and oxygen atoms in total. The first-order valence-electron chi connectivity index (χ1n) is 19.1. The molecular weight excluding hydrogens is 727 g/mol. The Morgan fingerprint density at radius 3 is 1.29 bits per heavy atom. The average Bonchev–Trinajstić information content (AvgIpc) is 3.04. The fourth-order valence-corrected chi connectivity index (χ4v) is 8.41. The molecule has 0 spiro atoms. The molecule has 0 aliphatic heterocycles. The van der Waals surface area contributed by atoms with Gasteiger partial charge in [0, 0.05) is 11.4 Å². The van der Waals surface area contributed by atoms with E-state index in [0.29, 0.717) is 37.7 Å². The maximum Gasteiger partial charge on any atom is 1.00 e. The van der Waals surface area contributed by atoms with Crippen molar-refractivity contribution in [2.24, 2.45) is 5.41 Å². The van der Waals surface area contributed by atoms with E-state index in [9.17, 15) is 45.7 Å². The van der Waals surface area contributed by atoms with Crippen molar-refractivity contribution in [1.29, 1.82) is 0 Å². The van der Waals surface area contributed by atoms with E-state index >= 15 is 0 Å². The largest absolute Gasteiger partial charge is 1.00 e. The number of unbranched alkanes of at least 4 members (excludes halogenated alkanes) is 19.